The van der Waals surface area contributed by atoms with Crippen LogP contribution in [0.15, 0.2) is 53.1 Å². The first-order chi connectivity index (χ1) is 11.8. The molecule has 3 aromatic rings. The molecule has 1 heterocycles. The molecule has 3 rings (SSSR count). The van der Waals surface area contributed by atoms with Crippen molar-refractivity contribution in [2.24, 2.45) is 0 Å². The van der Waals surface area contributed by atoms with Gasteiger partial charge in [0.05, 0.1) is 5.56 Å². The number of hydrogen-bond acceptors (Lipinski definition) is 5. The lowest BCUT2D eigenvalue weighted by Gasteiger charge is -2.12. The Morgan fingerprint density at radius 1 is 1.08 bits per heavy atom. The molecule has 25 heavy (non-hydrogen) atoms. The van der Waals surface area contributed by atoms with E-state index in [9.17, 15) is 13.6 Å². The second-order valence-corrected chi connectivity index (χ2v) is 5.24. The van der Waals surface area contributed by atoms with Crippen LogP contribution in [0.3, 0.4) is 0 Å². The molecule has 128 valence electrons. The number of carboxylic acids is 1. The number of carboxylic acid groups (broad SMARTS) is 1. The van der Waals surface area contributed by atoms with Crippen molar-refractivity contribution in [3.05, 3.63) is 54.1 Å². The summed E-state index contributed by atoms with van der Waals surface area (Å²) in [6.07, 6.45) is -3.26. The Kier molecular flexibility index (Phi) is 4.18. The Bertz CT molecular complexity index is 884. The maximum atomic E-state index is 12.8. The van der Waals surface area contributed by atoms with E-state index in [0.717, 1.165) is 0 Å². The van der Waals surface area contributed by atoms with E-state index in [4.69, 9.17) is 9.63 Å². The Balaban J connectivity index is 1.80. The first-order valence-electron chi connectivity index (χ1n) is 7.16. The molecule has 0 saturated heterocycles. The minimum Gasteiger partial charge on any atom is -0.478 e. The molecule has 8 heteroatoms. The van der Waals surface area contributed by atoms with E-state index in [2.05, 4.69) is 14.9 Å². The zero-order valence-corrected chi connectivity index (χ0v) is 12.9. The number of aromatic carboxylic acids is 1. The highest BCUT2D eigenvalue weighted by Crippen LogP contribution is 2.26. The van der Waals surface area contributed by atoms with Gasteiger partial charge in [0.15, 0.2) is 0 Å². The quantitative estimate of drug-likeness (QED) is 0.749. The van der Waals surface area contributed by atoms with Crippen LogP contribution in [0.25, 0.3) is 22.8 Å². The summed E-state index contributed by atoms with van der Waals surface area (Å²) in [4.78, 5) is 15.1. The fourth-order valence-corrected chi connectivity index (χ4v) is 2.09. The summed E-state index contributed by atoms with van der Waals surface area (Å²) in [6.45, 7) is 0.655. The van der Waals surface area contributed by atoms with Gasteiger partial charge >= 0.3 is 12.1 Å². The molecule has 2 aromatic carbocycles. The first-order valence-corrected chi connectivity index (χ1v) is 7.16. The smallest absolute Gasteiger partial charge is 0.394 e. The third kappa shape index (κ3) is 3.97. The molecule has 0 fully saturated rings. The third-order valence-corrected chi connectivity index (χ3v) is 3.21. The Labute approximate surface area is 140 Å². The molecule has 1 aromatic heterocycles. The molecule has 0 aliphatic heterocycles. The highest BCUT2D eigenvalue weighted by atomic mass is 19.3. The molecule has 0 bridgehead atoms. The lowest BCUT2D eigenvalue weighted by molar-refractivity contribution is -0.158. The van der Waals surface area contributed by atoms with Crippen LogP contribution in [0.4, 0.5) is 8.78 Å². The molecular formula is C17H12F2N2O4. The van der Waals surface area contributed by atoms with Gasteiger partial charge in [-0.2, -0.15) is 13.8 Å². The lowest BCUT2D eigenvalue weighted by atomic mass is 10.1. The van der Waals surface area contributed by atoms with Crippen LogP contribution in [0.2, 0.25) is 0 Å². The Hall–Kier alpha value is -3.29. The van der Waals surface area contributed by atoms with Crippen molar-refractivity contribution in [1.82, 2.24) is 10.1 Å². The van der Waals surface area contributed by atoms with Gasteiger partial charge in [0.2, 0.25) is 5.82 Å². The minimum atomic E-state index is -3.26. The average molecular weight is 346 g/mol. The van der Waals surface area contributed by atoms with Gasteiger partial charge in [0.25, 0.3) is 5.89 Å². The third-order valence-electron chi connectivity index (χ3n) is 3.21. The van der Waals surface area contributed by atoms with E-state index in [1.807, 2.05) is 0 Å². The monoisotopic (exact) mass is 346 g/mol. The van der Waals surface area contributed by atoms with Crippen LogP contribution in [0, 0.1) is 0 Å². The van der Waals surface area contributed by atoms with E-state index in [1.54, 1.807) is 12.1 Å². The molecule has 0 unspecified atom stereocenters. The number of alkyl halides is 2. The SMILES string of the molecule is CC(F)(F)Oc1ccc(-c2noc(-c3ccc(C(=O)O)cc3)n2)cc1. The summed E-state index contributed by atoms with van der Waals surface area (Å²) in [5, 5.41) is 12.7. The Morgan fingerprint density at radius 2 is 1.68 bits per heavy atom. The summed E-state index contributed by atoms with van der Waals surface area (Å²) in [7, 11) is 0. The predicted octanol–water partition coefficient (Wildman–Crippen LogP) is 4.09. The number of hydrogen-bond donors (Lipinski definition) is 1. The molecular weight excluding hydrogens is 334 g/mol. The fourth-order valence-electron chi connectivity index (χ4n) is 2.09. The number of rotatable bonds is 5. The van der Waals surface area contributed by atoms with Crippen molar-refractivity contribution < 1.29 is 27.9 Å². The normalized spacial score (nSPS) is 11.3. The molecule has 0 spiro atoms. The second kappa shape index (κ2) is 6.31. The number of halogens is 2. The fraction of sp³-hybridized carbons (Fsp3) is 0.118. The minimum absolute atomic E-state index is 0.0178. The second-order valence-electron chi connectivity index (χ2n) is 5.24. The van der Waals surface area contributed by atoms with E-state index >= 15 is 0 Å². The van der Waals surface area contributed by atoms with Gasteiger partial charge < -0.3 is 14.4 Å². The van der Waals surface area contributed by atoms with Crippen molar-refractivity contribution in [3.63, 3.8) is 0 Å². The topological polar surface area (TPSA) is 85.5 Å². The average Bonchev–Trinajstić information content (AvgIpc) is 3.04. The van der Waals surface area contributed by atoms with Crippen molar-refractivity contribution in [1.29, 1.82) is 0 Å². The van der Waals surface area contributed by atoms with Gasteiger partial charge in [-0.15, -0.1) is 0 Å². The molecule has 0 saturated carbocycles. The van der Waals surface area contributed by atoms with Crippen molar-refractivity contribution in [3.8, 4) is 28.6 Å². The van der Waals surface area contributed by atoms with Crippen LogP contribution >= 0.6 is 0 Å². The largest absolute Gasteiger partial charge is 0.478 e. The summed E-state index contributed by atoms with van der Waals surface area (Å²) < 4.78 is 35.2. The van der Waals surface area contributed by atoms with Gasteiger partial charge in [-0.3, -0.25) is 0 Å². The summed E-state index contributed by atoms with van der Waals surface area (Å²) in [5.74, 6) is -0.526. The first kappa shape index (κ1) is 16.6. The number of benzene rings is 2. The summed E-state index contributed by atoms with van der Waals surface area (Å²) >= 11 is 0. The lowest BCUT2D eigenvalue weighted by Crippen LogP contribution is -2.18. The van der Waals surface area contributed by atoms with Crippen LogP contribution in [0.5, 0.6) is 5.75 Å². The maximum Gasteiger partial charge on any atom is 0.394 e. The van der Waals surface area contributed by atoms with Crippen LogP contribution in [-0.2, 0) is 0 Å². The highest BCUT2D eigenvalue weighted by Gasteiger charge is 2.23. The number of nitrogens with zero attached hydrogens (tertiary/aromatic N) is 2. The zero-order chi connectivity index (χ0) is 18.0. The van der Waals surface area contributed by atoms with Crippen molar-refractivity contribution in [2.75, 3.05) is 0 Å². The van der Waals surface area contributed by atoms with Gasteiger partial charge in [-0.05, 0) is 48.5 Å². The van der Waals surface area contributed by atoms with Gasteiger partial charge in [-0.1, -0.05) is 5.16 Å². The molecule has 0 amide bonds. The van der Waals surface area contributed by atoms with Crippen LogP contribution in [0.1, 0.15) is 17.3 Å². The molecule has 0 aliphatic rings. The molecule has 1 N–H and O–H groups in total. The van der Waals surface area contributed by atoms with Crippen molar-refractivity contribution in [2.45, 2.75) is 13.0 Å². The van der Waals surface area contributed by atoms with Gasteiger partial charge in [0, 0.05) is 18.1 Å². The van der Waals surface area contributed by atoms with E-state index < -0.39 is 12.1 Å². The number of aromatic nitrogens is 2. The van der Waals surface area contributed by atoms with Crippen LogP contribution < -0.4 is 4.74 Å². The van der Waals surface area contributed by atoms with E-state index in [-0.39, 0.29) is 23.0 Å². The standard InChI is InChI=1S/C17H12F2N2O4/c1-17(18,19)24-13-8-6-10(7-9-13)14-20-15(25-21-14)11-2-4-12(5-3-11)16(22)23/h2-9H,1H3,(H,22,23). The maximum absolute atomic E-state index is 12.8. The Morgan fingerprint density at radius 3 is 2.24 bits per heavy atom. The summed E-state index contributed by atoms with van der Waals surface area (Å²) in [5.41, 5.74) is 1.27. The number of carbonyl (C=O) groups is 1. The highest BCUT2D eigenvalue weighted by molar-refractivity contribution is 5.88. The summed E-state index contributed by atoms with van der Waals surface area (Å²) in [6, 6.07) is 11.8. The van der Waals surface area contributed by atoms with Crippen LogP contribution in [-0.4, -0.2) is 27.3 Å². The molecule has 6 nitrogen and oxygen atoms in total. The zero-order valence-electron chi connectivity index (χ0n) is 12.9. The van der Waals surface area contributed by atoms with Gasteiger partial charge in [0.1, 0.15) is 5.75 Å². The number of ether oxygens (including phenoxy) is 1. The molecule has 0 aliphatic carbocycles. The van der Waals surface area contributed by atoms with Gasteiger partial charge in [-0.25, -0.2) is 4.79 Å². The van der Waals surface area contributed by atoms with E-state index in [0.29, 0.717) is 18.1 Å². The molecule has 0 radical (unpaired) electrons. The van der Waals surface area contributed by atoms with E-state index in [1.165, 1.54) is 36.4 Å². The predicted molar refractivity (Wildman–Crippen MR) is 83.4 cm³/mol. The van der Waals surface area contributed by atoms with Crippen molar-refractivity contribution >= 4 is 5.97 Å². The molecule has 0 atom stereocenters.